The van der Waals surface area contributed by atoms with E-state index in [1.807, 2.05) is 11.3 Å². The van der Waals surface area contributed by atoms with Crippen LogP contribution in [0.25, 0.3) is 108 Å². The monoisotopic (exact) mass is 652 g/mol. The normalized spacial score (nSPS) is 12.0. The fraction of sp³-hybridized carbons (Fsp3) is 0. The lowest BCUT2D eigenvalue weighted by atomic mass is 9.85. The van der Waals surface area contributed by atoms with Crippen molar-refractivity contribution in [3.63, 3.8) is 0 Å². The summed E-state index contributed by atoms with van der Waals surface area (Å²) in [5.41, 5.74) is 9.20. The molecule has 0 radical (unpaired) electrons. The van der Waals surface area contributed by atoms with E-state index in [0.29, 0.717) is 0 Å². The van der Waals surface area contributed by atoms with Gasteiger partial charge in [0.1, 0.15) is 11.2 Å². The second kappa shape index (κ2) is 10.6. The fourth-order valence-corrected chi connectivity index (χ4v) is 9.36. The molecule has 11 aromatic rings. The van der Waals surface area contributed by atoms with Gasteiger partial charge in [-0.2, -0.15) is 0 Å². The maximum atomic E-state index is 6.89. The third-order valence-electron chi connectivity index (χ3n) is 10.5. The molecule has 2 aromatic heterocycles. The number of rotatable bonds is 3. The van der Waals surface area contributed by atoms with Gasteiger partial charge in [-0.15, -0.1) is 11.3 Å². The first-order valence-corrected chi connectivity index (χ1v) is 18.0. The minimum absolute atomic E-state index is 0.924. The summed E-state index contributed by atoms with van der Waals surface area (Å²) in [5.74, 6) is 0. The number of fused-ring (bicyclic) bond motifs is 9. The highest BCUT2D eigenvalue weighted by Crippen LogP contribution is 2.48. The van der Waals surface area contributed by atoms with Gasteiger partial charge in [-0.1, -0.05) is 140 Å². The second-order valence-electron chi connectivity index (χ2n) is 13.2. The Morgan fingerprint density at radius 3 is 1.62 bits per heavy atom. The van der Waals surface area contributed by atoms with Crippen molar-refractivity contribution in [2.45, 2.75) is 0 Å². The summed E-state index contributed by atoms with van der Waals surface area (Å²) < 4.78 is 8.15. The van der Waals surface area contributed by atoms with Crippen LogP contribution in [0.3, 0.4) is 0 Å². The molecular formula is C48H28OS. The van der Waals surface area contributed by atoms with E-state index in [9.17, 15) is 0 Å². The van der Waals surface area contributed by atoms with Gasteiger partial charge in [-0.3, -0.25) is 0 Å². The highest BCUT2D eigenvalue weighted by Gasteiger charge is 2.22. The molecule has 0 N–H and O–H groups in total. The molecule has 50 heavy (non-hydrogen) atoms. The second-order valence-corrected chi connectivity index (χ2v) is 14.1. The number of furan rings is 1. The summed E-state index contributed by atoms with van der Waals surface area (Å²) in [4.78, 5) is 0. The average Bonchev–Trinajstić information content (AvgIpc) is 3.78. The lowest BCUT2D eigenvalue weighted by Crippen LogP contribution is -1.91. The van der Waals surface area contributed by atoms with Gasteiger partial charge in [0.25, 0.3) is 0 Å². The predicted molar refractivity (Wildman–Crippen MR) is 215 cm³/mol. The molecule has 0 aliphatic carbocycles. The molecule has 0 amide bonds. The summed E-state index contributed by atoms with van der Waals surface area (Å²) in [5, 5.41) is 15.9. The van der Waals surface area contributed by atoms with E-state index in [-0.39, 0.29) is 0 Å². The first-order valence-electron chi connectivity index (χ1n) is 17.1. The van der Waals surface area contributed by atoms with Crippen LogP contribution in [0.4, 0.5) is 0 Å². The van der Waals surface area contributed by atoms with Crippen molar-refractivity contribution in [1.29, 1.82) is 0 Å². The SMILES string of the molecule is c1ccc2cc(-c3c4ccccc4c(-c4cccc5c4oc4ccc6c(-c7ccc8ccccc8c7)csc6c45)c4ccccc34)ccc2c1. The van der Waals surface area contributed by atoms with Crippen LogP contribution in [0.5, 0.6) is 0 Å². The van der Waals surface area contributed by atoms with Crippen LogP contribution in [0, 0.1) is 0 Å². The number of hydrogen-bond acceptors (Lipinski definition) is 2. The van der Waals surface area contributed by atoms with Crippen molar-refractivity contribution < 1.29 is 4.42 Å². The molecule has 0 unspecified atom stereocenters. The lowest BCUT2D eigenvalue weighted by molar-refractivity contribution is 0.670. The highest BCUT2D eigenvalue weighted by atomic mass is 32.1. The van der Waals surface area contributed by atoms with Crippen molar-refractivity contribution in [2.75, 3.05) is 0 Å². The smallest absolute Gasteiger partial charge is 0.143 e. The first-order chi connectivity index (χ1) is 24.8. The summed E-state index contributed by atoms with van der Waals surface area (Å²) >= 11 is 1.81. The van der Waals surface area contributed by atoms with Crippen LogP contribution in [0.2, 0.25) is 0 Å². The molecule has 2 heterocycles. The molecule has 9 aromatic carbocycles. The van der Waals surface area contributed by atoms with E-state index in [1.54, 1.807) is 0 Å². The van der Waals surface area contributed by atoms with Gasteiger partial charge >= 0.3 is 0 Å². The molecule has 0 fully saturated rings. The van der Waals surface area contributed by atoms with Crippen LogP contribution >= 0.6 is 11.3 Å². The van der Waals surface area contributed by atoms with Gasteiger partial charge in [-0.05, 0) is 89.4 Å². The van der Waals surface area contributed by atoms with Gasteiger partial charge in [0.2, 0.25) is 0 Å². The largest absolute Gasteiger partial charge is 0.455 e. The van der Waals surface area contributed by atoms with E-state index in [0.717, 1.165) is 22.1 Å². The van der Waals surface area contributed by atoms with Gasteiger partial charge in [-0.25, -0.2) is 0 Å². The third-order valence-corrected chi connectivity index (χ3v) is 11.5. The number of hydrogen-bond donors (Lipinski definition) is 0. The van der Waals surface area contributed by atoms with Crippen molar-refractivity contribution >= 4 is 86.5 Å². The third kappa shape index (κ3) is 4.00. The van der Waals surface area contributed by atoms with E-state index in [2.05, 4.69) is 169 Å². The average molecular weight is 653 g/mol. The molecule has 232 valence electrons. The van der Waals surface area contributed by atoms with Crippen LogP contribution < -0.4 is 0 Å². The van der Waals surface area contributed by atoms with Crippen molar-refractivity contribution in [2.24, 2.45) is 0 Å². The molecule has 0 bridgehead atoms. The molecule has 1 nitrogen and oxygen atoms in total. The molecule has 0 spiro atoms. The Bertz CT molecular complexity index is 3100. The Hall–Kier alpha value is -6.22. The fourth-order valence-electron chi connectivity index (χ4n) is 8.23. The van der Waals surface area contributed by atoms with E-state index < -0.39 is 0 Å². The zero-order chi connectivity index (χ0) is 32.8. The number of benzene rings is 9. The Labute approximate surface area is 292 Å². The highest BCUT2D eigenvalue weighted by molar-refractivity contribution is 7.19. The van der Waals surface area contributed by atoms with Crippen molar-refractivity contribution in [3.05, 3.63) is 169 Å². The standard InChI is InChI=1S/C48H28OS/c1-3-12-31-26-33(22-20-29(31)10-1)42-28-50-48-39(42)24-25-43-46(48)41-19-9-18-40(47(41)49-43)45-37-16-7-5-14-35(37)44(36-15-6-8-17-38(36)45)34-23-21-30-11-2-4-13-32(30)27-34/h1-28H. The lowest BCUT2D eigenvalue weighted by Gasteiger charge is -2.18. The summed E-state index contributed by atoms with van der Waals surface area (Å²) in [6.07, 6.45) is 0. The molecule has 0 aliphatic heterocycles. The summed E-state index contributed by atoms with van der Waals surface area (Å²) in [7, 11) is 0. The van der Waals surface area contributed by atoms with Gasteiger partial charge in [0.15, 0.2) is 0 Å². The Morgan fingerprint density at radius 1 is 0.380 bits per heavy atom. The van der Waals surface area contributed by atoms with Crippen LogP contribution in [0.15, 0.2) is 174 Å². The Balaban J connectivity index is 1.17. The topological polar surface area (TPSA) is 13.1 Å². The maximum Gasteiger partial charge on any atom is 0.143 e. The molecule has 0 saturated carbocycles. The quantitative estimate of drug-likeness (QED) is 0.173. The molecule has 0 saturated heterocycles. The van der Waals surface area contributed by atoms with E-state index in [1.165, 1.54) is 86.4 Å². The minimum atomic E-state index is 0.924. The number of para-hydroxylation sites is 1. The summed E-state index contributed by atoms with van der Waals surface area (Å²) in [6.45, 7) is 0. The van der Waals surface area contributed by atoms with Gasteiger partial charge < -0.3 is 4.42 Å². The molecule has 0 atom stereocenters. The Kier molecular flexibility index (Phi) is 5.89. The van der Waals surface area contributed by atoms with Gasteiger partial charge in [0, 0.05) is 37.5 Å². The zero-order valence-corrected chi connectivity index (χ0v) is 27.8. The van der Waals surface area contributed by atoms with E-state index >= 15 is 0 Å². The predicted octanol–water partition coefficient (Wildman–Crippen LogP) is 14.4. The first kappa shape index (κ1) is 27.7. The molecule has 11 rings (SSSR count). The van der Waals surface area contributed by atoms with Crippen LogP contribution in [0.1, 0.15) is 0 Å². The Morgan fingerprint density at radius 2 is 0.940 bits per heavy atom. The van der Waals surface area contributed by atoms with E-state index in [4.69, 9.17) is 4.42 Å². The molecule has 0 aliphatic rings. The zero-order valence-electron chi connectivity index (χ0n) is 27.0. The maximum absolute atomic E-state index is 6.89. The summed E-state index contributed by atoms with van der Waals surface area (Å²) in [6, 6.07) is 59.6. The van der Waals surface area contributed by atoms with Crippen LogP contribution in [-0.2, 0) is 0 Å². The van der Waals surface area contributed by atoms with Gasteiger partial charge in [0.05, 0.1) is 0 Å². The van der Waals surface area contributed by atoms with Crippen LogP contribution in [-0.4, -0.2) is 0 Å². The molecular weight excluding hydrogens is 625 g/mol. The number of thiophene rings is 1. The van der Waals surface area contributed by atoms with Crippen molar-refractivity contribution in [1.82, 2.24) is 0 Å². The van der Waals surface area contributed by atoms with Crippen molar-refractivity contribution in [3.8, 4) is 33.4 Å². The minimum Gasteiger partial charge on any atom is -0.455 e. The molecule has 2 heteroatoms.